The third-order valence-corrected chi connectivity index (χ3v) is 4.11. The van der Waals surface area contributed by atoms with E-state index in [2.05, 4.69) is 15.4 Å². The fourth-order valence-electron chi connectivity index (χ4n) is 2.76. The summed E-state index contributed by atoms with van der Waals surface area (Å²) in [6, 6.07) is 10.1. The SMILES string of the molecule is O=c1c2cnn(-c3ccc(F)cc3)c2nnn1Cc1cccc(C(F)(F)F)c1. The highest BCUT2D eigenvalue weighted by Crippen LogP contribution is 2.29. The molecule has 0 saturated carbocycles. The maximum absolute atomic E-state index is 13.1. The van der Waals surface area contributed by atoms with Gasteiger partial charge in [-0.05, 0) is 42.0 Å². The average Bonchev–Trinajstić information content (AvgIpc) is 3.09. The molecule has 0 aliphatic rings. The maximum atomic E-state index is 13.1. The van der Waals surface area contributed by atoms with Crippen molar-refractivity contribution in [3.63, 3.8) is 0 Å². The van der Waals surface area contributed by atoms with Gasteiger partial charge in [0.25, 0.3) is 5.56 Å². The topological polar surface area (TPSA) is 65.6 Å². The van der Waals surface area contributed by atoms with E-state index in [0.717, 1.165) is 16.8 Å². The van der Waals surface area contributed by atoms with Crippen LogP contribution in [0.4, 0.5) is 17.6 Å². The molecule has 4 rings (SSSR count). The molecule has 0 spiro atoms. The van der Waals surface area contributed by atoms with Crippen LogP contribution >= 0.6 is 0 Å². The minimum absolute atomic E-state index is 0.145. The number of benzene rings is 2. The third-order valence-electron chi connectivity index (χ3n) is 4.11. The first-order chi connectivity index (χ1) is 13.3. The molecule has 2 aromatic heterocycles. The van der Waals surface area contributed by atoms with E-state index in [1.54, 1.807) is 0 Å². The number of fused-ring (bicyclic) bond motifs is 1. The zero-order valence-corrected chi connectivity index (χ0v) is 14.1. The summed E-state index contributed by atoms with van der Waals surface area (Å²) in [5.41, 5.74) is -0.443. The first kappa shape index (κ1) is 17.8. The van der Waals surface area contributed by atoms with Crippen LogP contribution in [-0.2, 0) is 12.7 Å². The van der Waals surface area contributed by atoms with Gasteiger partial charge in [0.2, 0.25) is 0 Å². The molecular weight excluding hydrogens is 378 g/mol. The lowest BCUT2D eigenvalue weighted by Gasteiger charge is -2.09. The summed E-state index contributed by atoms with van der Waals surface area (Å²) in [6.07, 6.45) is -3.19. The lowest BCUT2D eigenvalue weighted by Crippen LogP contribution is -2.25. The van der Waals surface area contributed by atoms with Crippen LogP contribution < -0.4 is 5.56 Å². The van der Waals surface area contributed by atoms with Gasteiger partial charge in [-0.2, -0.15) is 18.3 Å². The van der Waals surface area contributed by atoms with Crippen LogP contribution in [0.3, 0.4) is 0 Å². The summed E-state index contributed by atoms with van der Waals surface area (Å²) in [4.78, 5) is 12.6. The van der Waals surface area contributed by atoms with Crippen LogP contribution in [0.25, 0.3) is 16.7 Å². The molecule has 6 nitrogen and oxygen atoms in total. The van der Waals surface area contributed by atoms with Gasteiger partial charge in [-0.25, -0.2) is 13.8 Å². The number of hydrogen-bond acceptors (Lipinski definition) is 4. The molecule has 0 amide bonds. The van der Waals surface area contributed by atoms with Crippen molar-refractivity contribution >= 4 is 11.0 Å². The van der Waals surface area contributed by atoms with Gasteiger partial charge in [-0.3, -0.25) is 4.79 Å². The molecule has 2 heterocycles. The highest BCUT2D eigenvalue weighted by Gasteiger charge is 2.30. The van der Waals surface area contributed by atoms with Gasteiger partial charge in [0.1, 0.15) is 11.2 Å². The molecule has 0 atom stereocenters. The summed E-state index contributed by atoms with van der Waals surface area (Å²) in [7, 11) is 0. The second-order valence-corrected chi connectivity index (χ2v) is 6.02. The Bertz CT molecular complexity index is 1210. The van der Waals surface area contributed by atoms with Crippen molar-refractivity contribution in [1.82, 2.24) is 24.8 Å². The monoisotopic (exact) mass is 389 g/mol. The van der Waals surface area contributed by atoms with E-state index in [1.165, 1.54) is 47.3 Å². The van der Waals surface area contributed by atoms with Crippen molar-refractivity contribution in [2.45, 2.75) is 12.7 Å². The Morgan fingerprint density at radius 3 is 2.50 bits per heavy atom. The number of hydrogen-bond donors (Lipinski definition) is 0. The molecule has 0 aliphatic carbocycles. The predicted octanol–water partition coefficient (Wildman–Crippen LogP) is 3.18. The zero-order chi connectivity index (χ0) is 19.9. The molecule has 4 aromatic rings. The van der Waals surface area contributed by atoms with Crippen LogP contribution in [0.1, 0.15) is 11.1 Å². The standard InChI is InChI=1S/C18H11F4N5O/c19-13-4-6-14(7-5-13)27-16-15(9-23-27)17(28)26(25-24-16)10-11-2-1-3-12(8-11)18(20,21)22/h1-9H,10H2. The lowest BCUT2D eigenvalue weighted by molar-refractivity contribution is -0.137. The highest BCUT2D eigenvalue weighted by atomic mass is 19.4. The molecular formula is C18H11F4N5O. The van der Waals surface area contributed by atoms with Crippen molar-refractivity contribution in [3.8, 4) is 5.69 Å². The highest BCUT2D eigenvalue weighted by molar-refractivity contribution is 5.74. The van der Waals surface area contributed by atoms with Gasteiger partial charge in [0.15, 0.2) is 5.65 Å². The Morgan fingerprint density at radius 1 is 1.04 bits per heavy atom. The fourth-order valence-corrected chi connectivity index (χ4v) is 2.76. The summed E-state index contributed by atoms with van der Waals surface area (Å²) in [6.45, 7) is -0.173. The van der Waals surface area contributed by atoms with Crippen LogP contribution in [0.15, 0.2) is 59.5 Å². The van der Waals surface area contributed by atoms with Crippen LogP contribution in [0, 0.1) is 5.82 Å². The molecule has 10 heteroatoms. The number of rotatable bonds is 3. The first-order valence-electron chi connectivity index (χ1n) is 8.06. The largest absolute Gasteiger partial charge is 0.416 e. The second-order valence-electron chi connectivity index (χ2n) is 6.02. The first-order valence-corrected chi connectivity index (χ1v) is 8.06. The molecule has 0 unspecified atom stereocenters. The van der Waals surface area contributed by atoms with E-state index in [-0.39, 0.29) is 23.1 Å². The van der Waals surface area contributed by atoms with Crippen LogP contribution in [0.5, 0.6) is 0 Å². The van der Waals surface area contributed by atoms with Gasteiger partial charge in [0, 0.05) is 0 Å². The average molecular weight is 389 g/mol. The van der Waals surface area contributed by atoms with E-state index in [4.69, 9.17) is 0 Å². The quantitative estimate of drug-likeness (QED) is 0.505. The Hall–Kier alpha value is -3.56. The van der Waals surface area contributed by atoms with Gasteiger partial charge < -0.3 is 0 Å². The molecule has 0 aliphatic heterocycles. The van der Waals surface area contributed by atoms with Gasteiger partial charge >= 0.3 is 6.18 Å². The smallest absolute Gasteiger partial charge is 0.267 e. The summed E-state index contributed by atoms with van der Waals surface area (Å²) < 4.78 is 53.9. The second kappa shape index (κ2) is 6.55. The number of alkyl halides is 3. The van der Waals surface area contributed by atoms with E-state index in [0.29, 0.717) is 5.69 Å². The minimum Gasteiger partial charge on any atom is -0.267 e. The number of nitrogens with zero attached hydrogens (tertiary/aromatic N) is 5. The van der Waals surface area contributed by atoms with E-state index < -0.39 is 23.1 Å². The van der Waals surface area contributed by atoms with Crippen molar-refractivity contribution in [2.75, 3.05) is 0 Å². The van der Waals surface area contributed by atoms with Crippen molar-refractivity contribution in [2.24, 2.45) is 0 Å². The van der Waals surface area contributed by atoms with Gasteiger partial charge in [0.05, 0.1) is 24.0 Å². The predicted molar refractivity (Wildman–Crippen MR) is 91.4 cm³/mol. The van der Waals surface area contributed by atoms with Crippen molar-refractivity contribution < 1.29 is 17.6 Å². The molecule has 0 fully saturated rings. The van der Waals surface area contributed by atoms with Gasteiger partial charge in [-0.15, -0.1) is 5.10 Å². The van der Waals surface area contributed by atoms with E-state index >= 15 is 0 Å². The van der Waals surface area contributed by atoms with E-state index in [1.807, 2.05) is 0 Å². The lowest BCUT2D eigenvalue weighted by atomic mass is 10.1. The normalized spacial score (nSPS) is 11.9. The summed E-state index contributed by atoms with van der Waals surface area (Å²) in [5.74, 6) is -0.422. The Balaban J connectivity index is 1.72. The zero-order valence-electron chi connectivity index (χ0n) is 14.1. The van der Waals surface area contributed by atoms with E-state index in [9.17, 15) is 22.4 Å². The van der Waals surface area contributed by atoms with Crippen molar-refractivity contribution in [1.29, 1.82) is 0 Å². The Labute approximate surface area is 154 Å². The molecule has 28 heavy (non-hydrogen) atoms. The third kappa shape index (κ3) is 3.24. The van der Waals surface area contributed by atoms with Crippen molar-refractivity contribution in [3.05, 3.63) is 82.0 Å². The summed E-state index contributed by atoms with van der Waals surface area (Å²) >= 11 is 0. The van der Waals surface area contributed by atoms with Gasteiger partial charge in [-0.1, -0.05) is 17.3 Å². The maximum Gasteiger partial charge on any atom is 0.416 e. The number of aromatic nitrogens is 5. The Morgan fingerprint density at radius 2 is 1.79 bits per heavy atom. The molecule has 0 saturated heterocycles. The Kier molecular flexibility index (Phi) is 4.17. The van der Waals surface area contributed by atoms with Crippen LogP contribution in [-0.4, -0.2) is 24.8 Å². The molecule has 2 aromatic carbocycles. The molecule has 142 valence electrons. The minimum atomic E-state index is -4.48. The molecule has 0 bridgehead atoms. The molecule has 0 N–H and O–H groups in total. The van der Waals surface area contributed by atoms with Crippen LogP contribution in [0.2, 0.25) is 0 Å². The molecule has 0 radical (unpaired) electrons. The number of halogens is 4. The summed E-state index contributed by atoms with van der Waals surface area (Å²) in [5, 5.41) is 12.0. The fraction of sp³-hybridized carbons (Fsp3) is 0.111.